The van der Waals surface area contributed by atoms with Crippen LogP contribution in [0.1, 0.15) is 31.2 Å². The second kappa shape index (κ2) is 5.90. The average Bonchev–Trinajstić information content (AvgIpc) is 3.16. The van der Waals surface area contributed by atoms with E-state index in [-0.39, 0.29) is 5.91 Å². The van der Waals surface area contributed by atoms with Crippen LogP contribution < -0.4 is 5.73 Å². The SMILES string of the molecule is CN(C(=O)C(N)Cc1c[nH]c2ccccc12)C1CCCC1. The maximum atomic E-state index is 12.5. The normalized spacial score (nSPS) is 17.2. The van der Waals surface area contributed by atoms with Gasteiger partial charge in [-0.25, -0.2) is 0 Å². The number of para-hydroxylation sites is 1. The molecule has 1 fully saturated rings. The van der Waals surface area contributed by atoms with E-state index in [1.54, 1.807) is 0 Å². The van der Waals surface area contributed by atoms with Gasteiger partial charge < -0.3 is 15.6 Å². The number of carbonyl (C=O) groups is 1. The van der Waals surface area contributed by atoms with Gasteiger partial charge in [-0.3, -0.25) is 4.79 Å². The highest BCUT2D eigenvalue weighted by atomic mass is 16.2. The van der Waals surface area contributed by atoms with Crippen molar-refractivity contribution in [3.05, 3.63) is 36.0 Å². The summed E-state index contributed by atoms with van der Waals surface area (Å²) in [5.41, 5.74) is 8.37. The number of H-pyrrole nitrogens is 1. The van der Waals surface area contributed by atoms with E-state index in [1.165, 1.54) is 12.8 Å². The van der Waals surface area contributed by atoms with Gasteiger partial charge in [0, 0.05) is 30.2 Å². The minimum absolute atomic E-state index is 0.0622. The smallest absolute Gasteiger partial charge is 0.239 e. The molecule has 1 amide bonds. The number of nitrogens with one attached hydrogen (secondary N) is 1. The van der Waals surface area contributed by atoms with Crippen LogP contribution in [0.3, 0.4) is 0 Å². The molecule has 0 spiro atoms. The zero-order chi connectivity index (χ0) is 14.8. The van der Waals surface area contributed by atoms with Gasteiger partial charge in [-0.15, -0.1) is 0 Å². The highest BCUT2D eigenvalue weighted by molar-refractivity contribution is 5.86. The summed E-state index contributed by atoms with van der Waals surface area (Å²) in [6.07, 6.45) is 7.22. The van der Waals surface area contributed by atoms with E-state index >= 15 is 0 Å². The maximum Gasteiger partial charge on any atom is 0.239 e. The minimum Gasteiger partial charge on any atom is -0.361 e. The molecule has 1 aromatic heterocycles. The monoisotopic (exact) mass is 285 g/mol. The molecule has 3 rings (SSSR count). The van der Waals surface area contributed by atoms with Crippen LogP contribution in [-0.4, -0.2) is 34.9 Å². The second-order valence-electron chi connectivity index (χ2n) is 6.06. The van der Waals surface area contributed by atoms with Gasteiger partial charge in [0.25, 0.3) is 0 Å². The third-order valence-electron chi connectivity index (χ3n) is 4.65. The molecule has 0 aliphatic heterocycles. The summed E-state index contributed by atoms with van der Waals surface area (Å²) in [6.45, 7) is 0. The lowest BCUT2D eigenvalue weighted by atomic mass is 10.0. The lowest BCUT2D eigenvalue weighted by molar-refractivity contribution is -0.133. The molecule has 112 valence electrons. The summed E-state index contributed by atoms with van der Waals surface area (Å²) in [7, 11) is 1.90. The quantitative estimate of drug-likeness (QED) is 0.906. The van der Waals surface area contributed by atoms with Gasteiger partial charge in [-0.2, -0.15) is 0 Å². The molecule has 4 nitrogen and oxygen atoms in total. The van der Waals surface area contributed by atoms with E-state index in [1.807, 2.05) is 36.3 Å². The first-order valence-electron chi connectivity index (χ1n) is 7.74. The Morgan fingerprint density at radius 1 is 1.38 bits per heavy atom. The van der Waals surface area contributed by atoms with Crippen molar-refractivity contribution in [3.8, 4) is 0 Å². The predicted octanol–water partition coefficient (Wildman–Crippen LogP) is 2.44. The Balaban J connectivity index is 1.70. The molecule has 1 aromatic carbocycles. The number of nitrogens with two attached hydrogens (primary N) is 1. The third-order valence-corrected chi connectivity index (χ3v) is 4.65. The molecule has 1 unspecified atom stereocenters. The van der Waals surface area contributed by atoms with Crippen LogP contribution in [0.25, 0.3) is 10.9 Å². The van der Waals surface area contributed by atoms with Crippen LogP contribution in [0, 0.1) is 0 Å². The summed E-state index contributed by atoms with van der Waals surface area (Å²) in [4.78, 5) is 17.6. The van der Waals surface area contributed by atoms with Crippen molar-refractivity contribution in [2.24, 2.45) is 5.73 Å². The first-order valence-corrected chi connectivity index (χ1v) is 7.74. The lowest BCUT2D eigenvalue weighted by Crippen LogP contribution is -2.46. The molecule has 1 aliphatic carbocycles. The topological polar surface area (TPSA) is 62.1 Å². The molecule has 2 aromatic rings. The molecule has 1 saturated carbocycles. The summed E-state index contributed by atoms with van der Waals surface area (Å²) in [5.74, 6) is 0.0622. The molecule has 0 radical (unpaired) electrons. The highest BCUT2D eigenvalue weighted by Crippen LogP contribution is 2.24. The zero-order valence-corrected chi connectivity index (χ0v) is 12.5. The van der Waals surface area contributed by atoms with E-state index in [9.17, 15) is 4.79 Å². The van der Waals surface area contributed by atoms with Crippen LogP contribution >= 0.6 is 0 Å². The van der Waals surface area contributed by atoms with Crippen LogP contribution in [0.2, 0.25) is 0 Å². The fourth-order valence-corrected chi connectivity index (χ4v) is 3.36. The molecule has 1 atom stereocenters. The van der Waals surface area contributed by atoms with E-state index in [2.05, 4.69) is 11.1 Å². The van der Waals surface area contributed by atoms with Gasteiger partial charge >= 0.3 is 0 Å². The van der Waals surface area contributed by atoms with Crippen molar-refractivity contribution in [1.29, 1.82) is 0 Å². The number of hydrogen-bond acceptors (Lipinski definition) is 2. The summed E-state index contributed by atoms with van der Waals surface area (Å²) in [5, 5.41) is 1.16. The Morgan fingerprint density at radius 2 is 2.10 bits per heavy atom. The molecular formula is C17H23N3O. The number of aromatic nitrogens is 1. The third kappa shape index (κ3) is 2.81. The van der Waals surface area contributed by atoms with E-state index in [4.69, 9.17) is 5.73 Å². The number of hydrogen-bond donors (Lipinski definition) is 2. The van der Waals surface area contributed by atoms with Gasteiger partial charge in [0.15, 0.2) is 0 Å². The zero-order valence-electron chi connectivity index (χ0n) is 12.5. The lowest BCUT2D eigenvalue weighted by Gasteiger charge is -2.27. The van der Waals surface area contributed by atoms with Gasteiger partial charge in [-0.1, -0.05) is 31.0 Å². The van der Waals surface area contributed by atoms with Crippen molar-refractivity contribution in [1.82, 2.24) is 9.88 Å². The number of amides is 1. The average molecular weight is 285 g/mol. The molecule has 0 saturated heterocycles. The van der Waals surface area contributed by atoms with Gasteiger partial charge in [0.2, 0.25) is 5.91 Å². The van der Waals surface area contributed by atoms with Crippen LogP contribution in [0.5, 0.6) is 0 Å². The van der Waals surface area contributed by atoms with Crippen molar-refractivity contribution >= 4 is 16.8 Å². The maximum absolute atomic E-state index is 12.5. The Hall–Kier alpha value is -1.81. The summed E-state index contributed by atoms with van der Waals surface area (Å²) in [6, 6.07) is 8.04. The largest absolute Gasteiger partial charge is 0.361 e. The first kappa shape index (κ1) is 14.1. The number of aromatic amines is 1. The number of rotatable bonds is 4. The van der Waals surface area contributed by atoms with Crippen LogP contribution in [-0.2, 0) is 11.2 Å². The Bertz CT molecular complexity index is 628. The second-order valence-corrected chi connectivity index (χ2v) is 6.06. The number of benzene rings is 1. The fourth-order valence-electron chi connectivity index (χ4n) is 3.36. The molecule has 0 bridgehead atoms. The van der Waals surface area contributed by atoms with Crippen molar-refractivity contribution in [2.75, 3.05) is 7.05 Å². The van der Waals surface area contributed by atoms with E-state index in [0.717, 1.165) is 29.3 Å². The summed E-state index contributed by atoms with van der Waals surface area (Å²) >= 11 is 0. The van der Waals surface area contributed by atoms with Gasteiger partial charge in [-0.05, 0) is 30.9 Å². The van der Waals surface area contributed by atoms with E-state index in [0.29, 0.717) is 12.5 Å². The number of carbonyl (C=O) groups excluding carboxylic acids is 1. The number of likely N-dealkylation sites (N-methyl/N-ethyl adjacent to an activating group) is 1. The van der Waals surface area contributed by atoms with Crippen molar-refractivity contribution < 1.29 is 4.79 Å². The Morgan fingerprint density at radius 3 is 2.86 bits per heavy atom. The number of nitrogens with zero attached hydrogens (tertiary/aromatic N) is 1. The van der Waals surface area contributed by atoms with Gasteiger partial charge in [0.05, 0.1) is 6.04 Å². The number of fused-ring (bicyclic) bond motifs is 1. The highest BCUT2D eigenvalue weighted by Gasteiger charge is 2.27. The molecule has 1 aliphatic rings. The van der Waals surface area contributed by atoms with E-state index < -0.39 is 6.04 Å². The molecule has 3 N–H and O–H groups in total. The molecule has 4 heteroatoms. The Kier molecular flexibility index (Phi) is 3.97. The van der Waals surface area contributed by atoms with Gasteiger partial charge in [0.1, 0.15) is 0 Å². The molecule has 1 heterocycles. The predicted molar refractivity (Wildman–Crippen MR) is 85.0 cm³/mol. The molecule has 21 heavy (non-hydrogen) atoms. The molecular weight excluding hydrogens is 262 g/mol. The standard InChI is InChI=1S/C17H23N3O/c1-20(13-6-2-3-7-13)17(21)15(18)10-12-11-19-16-9-5-4-8-14(12)16/h4-5,8-9,11,13,15,19H,2-3,6-7,10,18H2,1H3. The fraction of sp³-hybridized carbons (Fsp3) is 0.471. The Labute approximate surface area is 125 Å². The van der Waals surface area contributed by atoms with Crippen molar-refractivity contribution in [2.45, 2.75) is 44.2 Å². The summed E-state index contributed by atoms with van der Waals surface area (Å²) < 4.78 is 0. The van der Waals surface area contributed by atoms with Crippen LogP contribution in [0.4, 0.5) is 0 Å². The van der Waals surface area contributed by atoms with Crippen LogP contribution in [0.15, 0.2) is 30.5 Å². The first-order chi connectivity index (χ1) is 10.2. The minimum atomic E-state index is -0.463. The van der Waals surface area contributed by atoms with Crippen molar-refractivity contribution in [3.63, 3.8) is 0 Å².